The number of allylic oxidation sites excluding steroid dienone is 1. The topological polar surface area (TPSA) is 43.1 Å². The Kier molecular flexibility index (Phi) is 4.92. The van der Waals surface area contributed by atoms with Crippen LogP contribution in [0.5, 0.6) is 0 Å². The van der Waals surface area contributed by atoms with Gasteiger partial charge in [0, 0.05) is 6.07 Å². The molecule has 0 saturated carbocycles. The first kappa shape index (κ1) is 17.6. The highest BCUT2D eigenvalue weighted by molar-refractivity contribution is 5.90. The van der Waals surface area contributed by atoms with Crippen LogP contribution < -0.4 is 5.73 Å². The molecular weight excluding hydrogens is 296 g/mol. The van der Waals surface area contributed by atoms with Crippen molar-refractivity contribution < 1.29 is 13.6 Å². The molecule has 0 aliphatic heterocycles. The Balaban J connectivity index is 2.66. The van der Waals surface area contributed by atoms with E-state index in [0.717, 1.165) is 31.7 Å². The van der Waals surface area contributed by atoms with E-state index in [1.807, 2.05) is 6.08 Å². The van der Waals surface area contributed by atoms with Crippen LogP contribution in [0.15, 0.2) is 30.4 Å². The van der Waals surface area contributed by atoms with E-state index in [1.165, 1.54) is 12.1 Å². The minimum absolute atomic E-state index is 0.0985. The highest BCUT2D eigenvalue weighted by atomic mass is 19.1. The van der Waals surface area contributed by atoms with Gasteiger partial charge < -0.3 is 5.73 Å². The molecule has 4 heteroatoms. The van der Waals surface area contributed by atoms with Gasteiger partial charge in [-0.15, -0.1) is 0 Å². The summed E-state index contributed by atoms with van der Waals surface area (Å²) in [4.78, 5) is 12.5. The molecular formula is C19H25F2NO. The van der Waals surface area contributed by atoms with Gasteiger partial charge in [0.15, 0.2) is 0 Å². The third-order valence-electron chi connectivity index (χ3n) is 5.11. The molecule has 0 radical (unpaired) electrons. The van der Waals surface area contributed by atoms with Crippen LogP contribution in [0.1, 0.15) is 52.0 Å². The van der Waals surface area contributed by atoms with E-state index in [2.05, 4.69) is 20.8 Å². The van der Waals surface area contributed by atoms with Crippen LogP contribution in [0.4, 0.5) is 8.78 Å². The van der Waals surface area contributed by atoms with Crippen molar-refractivity contribution in [2.45, 2.75) is 51.9 Å². The summed E-state index contributed by atoms with van der Waals surface area (Å²) in [5.41, 5.74) is 4.75. The number of hydrogen-bond acceptors (Lipinski definition) is 1. The van der Waals surface area contributed by atoms with E-state index in [4.69, 9.17) is 5.73 Å². The van der Waals surface area contributed by atoms with Gasteiger partial charge in [0.05, 0.1) is 5.41 Å². The number of rotatable bonds is 5. The van der Waals surface area contributed by atoms with E-state index in [9.17, 15) is 13.6 Å². The van der Waals surface area contributed by atoms with Crippen molar-refractivity contribution in [2.75, 3.05) is 0 Å². The molecule has 0 spiro atoms. The van der Waals surface area contributed by atoms with Crippen molar-refractivity contribution in [3.05, 3.63) is 47.5 Å². The maximum absolute atomic E-state index is 13.8. The van der Waals surface area contributed by atoms with Gasteiger partial charge in [0.25, 0.3) is 0 Å². The highest BCUT2D eigenvalue weighted by Crippen LogP contribution is 2.51. The second-order valence-electron chi connectivity index (χ2n) is 7.18. The third-order valence-corrected chi connectivity index (χ3v) is 5.11. The third kappa shape index (κ3) is 3.17. The number of primary amides is 1. The molecule has 0 aromatic heterocycles. The molecule has 1 aliphatic carbocycles. The van der Waals surface area contributed by atoms with E-state index < -0.39 is 23.0 Å². The molecule has 2 nitrogen and oxygen atoms in total. The first-order valence-electron chi connectivity index (χ1n) is 8.18. The van der Waals surface area contributed by atoms with Gasteiger partial charge in [-0.3, -0.25) is 4.79 Å². The maximum Gasteiger partial charge on any atom is 0.232 e. The molecule has 0 saturated heterocycles. The Morgan fingerprint density at radius 3 is 2.39 bits per heavy atom. The normalized spacial score (nSPS) is 26.2. The Morgan fingerprint density at radius 1 is 1.26 bits per heavy atom. The lowest BCUT2D eigenvalue weighted by atomic mass is 9.54. The molecule has 1 amide bonds. The number of unbranched alkanes of at least 4 members (excludes halogenated alkanes) is 1. The van der Waals surface area contributed by atoms with Gasteiger partial charge in [-0.25, -0.2) is 8.78 Å². The molecule has 2 N–H and O–H groups in total. The number of benzene rings is 1. The molecule has 126 valence electrons. The molecule has 2 rings (SSSR count). The summed E-state index contributed by atoms with van der Waals surface area (Å²) >= 11 is 0. The summed E-state index contributed by atoms with van der Waals surface area (Å²) in [6, 6.07) is 3.29. The van der Waals surface area contributed by atoms with Crippen LogP contribution >= 0.6 is 0 Å². The van der Waals surface area contributed by atoms with Crippen molar-refractivity contribution in [2.24, 2.45) is 17.1 Å². The average molecular weight is 321 g/mol. The minimum atomic E-state index is -1.17. The Hall–Kier alpha value is -1.71. The van der Waals surface area contributed by atoms with Gasteiger partial charge in [-0.1, -0.05) is 45.8 Å². The minimum Gasteiger partial charge on any atom is -0.369 e. The molecule has 0 fully saturated rings. The van der Waals surface area contributed by atoms with Crippen LogP contribution in [0, 0.1) is 23.0 Å². The molecule has 1 aromatic rings. The Labute approximate surface area is 136 Å². The number of carbonyl (C=O) groups is 1. The Bertz CT molecular complexity index is 604. The summed E-state index contributed by atoms with van der Waals surface area (Å²) < 4.78 is 27.5. The summed E-state index contributed by atoms with van der Waals surface area (Å²) in [6.07, 6.45) is 7.20. The first-order valence-corrected chi connectivity index (χ1v) is 8.18. The summed E-state index contributed by atoms with van der Waals surface area (Å²) in [5.74, 6) is -2.02. The van der Waals surface area contributed by atoms with Gasteiger partial charge in [0.2, 0.25) is 5.91 Å². The summed E-state index contributed by atoms with van der Waals surface area (Å²) in [5, 5.41) is 0. The van der Waals surface area contributed by atoms with Crippen molar-refractivity contribution >= 4 is 5.91 Å². The summed E-state index contributed by atoms with van der Waals surface area (Å²) in [7, 11) is 0. The number of halogens is 2. The van der Waals surface area contributed by atoms with Gasteiger partial charge in [0.1, 0.15) is 11.6 Å². The summed E-state index contributed by atoms with van der Waals surface area (Å²) in [6.45, 7) is 6.26. The number of carbonyl (C=O) groups excluding carboxylic acids is 1. The highest BCUT2D eigenvalue weighted by Gasteiger charge is 2.51. The fourth-order valence-electron chi connectivity index (χ4n) is 3.94. The maximum atomic E-state index is 13.8. The molecule has 23 heavy (non-hydrogen) atoms. The molecule has 2 unspecified atom stereocenters. The molecule has 1 aromatic carbocycles. The second kappa shape index (κ2) is 6.42. The number of hydrogen-bond donors (Lipinski definition) is 1. The van der Waals surface area contributed by atoms with Gasteiger partial charge >= 0.3 is 0 Å². The zero-order valence-corrected chi connectivity index (χ0v) is 14.0. The smallest absolute Gasteiger partial charge is 0.232 e. The van der Waals surface area contributed by atoms with Crippen molar-refractivity contribution in [3.63, 3.8) is 0 Å². The SMILES string of the molecule is CCCCC1C(C)(C)CC=CC1(C(N)=O)c1cc(F)cc(F)c1. The van der Waals surface area contributed by atoms with Crippen LogP contribution in [0.25, 0.3) is 0 Å². The quantitative estimate of drug-likeness (QED) is 0.798. The lowest BCUT2D eigenvalue weighted by Gasteiger charge is -2.48. The van der Waals surface area contributed by atoms with E-state index in [0.29, 0.717) is 5.56 Å². The van der Waals surface area contributed by atoms with Crippen LogP contribution in [-0.2, 0) is 10.2 Å². The van der Waals surface area contributed by atoms with Crippen LogP contribution in [-0.4, -0.2) is 5.91 Å². The van der Waals surface area contributed by atoms with Crippen molar-refractivity contribution in [1.82, 2.24) is 0 Å². The average Bonchev–Trinajstić information content (AvgIpc) is 2.43. The number of amides is 1. The standard InChI is InChI=1S/C19H25F2NO/c1-4-5-7-16-18(2,3)8-6-9-19(16,17(22)23)13-10-14(20)12-15(21)11-13/h6,9-12,16H,4-5,7-8H2,1-3H3,(H2,22,23). The van der Waals surface area contributed by atoms with Crippen LogP contribution in [0.3, 0.4) is 0 Å². The van der Waals surface area contributed by atoms with Crippen LogP contribution in [0.2, 0.25) is 0 Å². The van der Waals surface area contributed by atoms with Gasteiger partial charge in [-0.2, -0.15) is 0 Å². The Morgan fingerprint density at radius 2 is 1.87 bits per heavy atom. The monoisotopic (exact) mass is 321 g/mol. The lowest BCUT2D eigenvalue weighted by molar-refractivity contribution is -0.126. The fraction of sp³-hybridized carbons (Fsp3) is 0.526. The second-order valence-corrected chi connectivity index (χ2v) is 7.18. The van der Waals surface area contributed by atoms with Crippen molar-refractivity contribution in [3.8, 4) is 0 Å². The van der Waals surface area contributed by atoms with Crippen molar-refractivity contribution in [1.29, 1.82) is 0 Å². The van der Waals surface area contributed by atoms with E-state index >= 15 is 0 Å². The molecule has 1 aliphatic rings. The number of nitrogens with two attached hydrogens (primary N) is 1. The van der Waals surface area contributed by atoms with Gasteiger partial charge in [-0.05, 0) is 41.9 Å². The predicted molar refractivity (Wildman–Crippen MR) is 87.8 cm³/mol. The fourth-order valence-corrected chi connectivity index (χ4v) is 3.94. The van der Waals surface area contributed by atoms with E-state index in [-0.39, 0.29) is 11.3 Å². The van der Waals surface area contributed by atoms with E-state index in [1.54, 1.807) is 6.08 Å². The first-order chi connectivity index (χ1) is 10.7. The molecule has 0 heterocycles. The zero-order chi connectivity index (χ0) is 17.3. The largest absolute Gasteiger partial charge is 0.369 e. The molecule has 0 bridgehead atoms. The molecule has 2 atom stereocenters. The lowest BCUT2D eigenvalue weighted by Crippen LogP contribution is -2.52. The predicted octanol–water partition coefficient (Wildman–Crippen LogP) is 4.48. The zero-order valence-electron chi connectivity index (χ0n) is 14.0.